The molecule has 136 valence electrons. The molecule has 4 rings (SSSR count). The number of carbonyl (C=O) groups is 1. The van der Waals surface area contributed by atoms with Gasteiger partial charge in [-0.15, -0.1) is 0 Å². The molecule has 1 fully saturated rings. The number of hydrogen-bond acceptors (Lipinski definition) is 4. The maximum atomic E-state index is 12.7. The van der Waals surface area contributed by atoms with Gasteiger partial charge in [0.25, 0.3) is 0 Å². The van der Waals surface area contributed by atoms with Crippen LogP contribution in [0.4, 0.5) is 0 Å². The average molecular weight is 354 g/mol. The molecule has 1 aromatic heterocycles. The molecule has 1 saturated heterocycles. The van der Waals surface area contributed by atoms with E-state index in [9.17, 15) is 14.4 Å². The van der Waals surface area contributed by atoms with Crippen LogP contribution in [-0.4, -0.2) is 38.2 Å². The number of piperidine rings is 1. The topological polar surface area (TPSA) is 77.2 Å². The van der Waals surface area contributed by atoms with Crippen LogP contribution in [0, 0.1) is 5.92 Å². The Balaban J connectivity index is 1.58. The number of likely N-dealkylation sites (tertiary alicyclic amines) is 1. The molecule has 0 N–H and O–H groups in total. The van der Waals surface area contributed by atoms with Crippen molar-refractivity contribution in [1.29, 1.82) is 0 Å². The summed E-state index contributed by atoms with van der Waals surface area (Å²) in [6.07, 6.45) is 1.21. The van der Waals surface area contributed by atoms with Gasteiger partial charge in [-0.25, -0.2) is 4.68 Å². The van der Waals surface area contributed by atoms with Crippen LogP contribution in [0.3, 0.4) is 0 Å². The zero-order valence-corrected chi connectivity index (χ0v) is 14.8. The Morgan fingerprint density at radius 1 is 1.15 bits per heavy atom. The molecule has 26 heavy (non-hydrogen) atoms. The van der Waals surface area contributed by atoms with Gasteiger partial charge in [-0.3, -0.25) is 19.0 Å². The molecule has 2 aliphatic heterocycles. The van der Waals surface area contributed by atoms with Gasteiger partial charge in [-0.2, -0.15) is 5.10 Å². The number of aromatic nitrogens is 3. The SMILES string of the molecule is CCn1nc2n(c(=O)c1=O)C[C@@H]1CCN(C(=O)Cc3ccccc3)C[C@@H]21. The van der Waals surface area contributed by atoms with Crippen LogP contribution in [0.1, 0.15) is 30.7 Å². The van der Waals surface area contributed by atoms with E-state index in [2.05, 4.69) is 5.10 Å². The molecule has 0 aliphatic carbocycles. The van der Waals surface area contributed by atoms with Crippen molar-refractivity contribution in [2.45, 2.75) is 38.8 Å². The standard InChI is InChI=1S/C19H22N4O3/c1-2-23-19(26)18(25)22-11-14-8-9-21(12-15(14)17(22)20-23)16(24)10-13-6-4-3-5-7-13/h3-7,14-15H,2,8-12H2,1H3/t14-,15+/m0/s1. The predicted octanol–water partition coefficient (Wildman–Crippen LogP) is 0.613. The van der Waals surface area contributed by atoms with Crippen molar-refractivity contribution < 1.29 is 4.79 Å². The highest BCUT2D eigenvalue weighted by Gasteiger charge is 2.40. The smallest absolute Gasteiger partial charge is 0.332 e. The van der Waals surface area contributed by atoms with Crippen molar-refractivity contribution in [2.75, 3.05) is 13.1 Å². The Morgan fingerprint density at radius 2 is 1.92 bits per heavy atom. The molecule has 1 amide bonds. The maximum absolute atomic E-state index is 12.7. The number of amides is 1. The largest absolute Gasteiger partial charge is 0.342 e. The molecule has 2 aliphatic rings. The molecular weight excluding hydrogens is 332 g/mol. The second-order valence-corrected chi connectivity index (χ2v) is 7.05. The Hall–Kier alpha value is -2.70. The third-order valence-corrected chi connectivity index (χ3v) is 5.52. The summed E-state index contributed by atoms with van der Waals surface area (Å²) in [5.74, 6) is 1.04. The average Bonchev–Trinajstić information content (AvgIpc) is 3.03. The third-order valence-electron chi connectivity index (χ3n) is 5.52. The molecular formula is C19H22N4O3. The van der Waals surface area contributed by atoms with E-state index < -0.39 is 11.1 Å². The Kier molecular flexibility index (Phi) is 4.22. The zero-order valence-electron chi connectivity index (χ0n) is 14.8. The van der Waals surface area contributed by atoms with Gasteiger partial charge in [0, 0.05) is 32.1 Å². The van der Waals surface area contributed by atoms with Crippen LogP contribution in [0.25, 0.3) is 0 Å². The van der Waals surface area contributed by atoms with Gasteiger partial charge in [0.1, 0.15) is 5.82 Å². The van der Waals surface area contributed by atoms with E-state index in [1.54, 1.807) is 6.92 Å². The molecule has 0 spiro atoms. The summed E-state index contributed by atoms with van der Waals surface area (Å²) in [6, 6.07) is 9.71. The van der Waals surface area contributed by atoms with Gasteiger partial charge in [-0.05, 0) is 24.8 Å². The van der Waals surface area contributed by atoms with Crippen LogP contribution in [-0.2, 0) is 24.3 Å². The second-order valence-electron chi connectivity index (χ2n) is 7.05. The van der Waals surface area contributed by atoms with E-state index in [4.69, 9.17) is 0 Å². The number of aryl methyl sites for hydroxylation is 1. The van der Waals surface area contributed by atoms with Crippen LogP contribution < -0.4 is 11.1 Å². The van der Waals surface area contributed by atoms with Crippen molar-refractivity contribution in [3.8, 4) is 0 Å². The summed E-state index contributed by atoms with van der Waals surface area (Å²) < 4.78 is 2.76. The van der Waals surface area contributed by atoms with Crippen molar-refractivity contribution in [1.82, 2.24) is 19.2 Å². The first-order chi connectivity index (χ1) is 12.6. The van der Waals surface area contributed by atoms with E-state index in [0.717, 1.165) is 12.0 Å². The van der Waals surface area contributed by atoms with Gasteiger partial charge >= 0.3 is 11.1 Å². The van der Waals surface area contributed by atoms with Crippen LogP contribution in [0.15, 0.2) is 39.9 Å². The van der Waals surface area contributed by atoms with E-state index in [1.165, 1.54) is 9.25 Å². The highest BCUT2D eigenvalue weighted by atomic mass is 16.2. The highest BCUT2D eigenvalue weighted by molar-refractivity contribution is 5.79. The number of nitrogens with zero attached hydrogens (tertiary/aromatic N) is 4. The number of fused-ring (bicyclic) bond motifs is 3. The maximum Gasteiger partial charge on any atom is 0.332 e. The Labute approximate surface area is 150 Å². The minimum absolute atomic E-state index is 0.0228. The van der Waals surface area contributed by atoms with Crippen molar-refractivity contribution in [3.63, 3.8) is 0 Å². The van der Waals surface area contributed by atoms with E-state index >= 15 is 0 Å². The summed E-state index contributed by atoms with van der Waals surface area (Å²) in [6.45, 7) is 3.95. The molecule has 0 bridgehead atoms. The van der Waals surface area contributed by atoms with E-state index in [0.29, 0.717) is 38.4 Å². The number of hydrogen-bond donors (Lipinski definition) is 0. The summed E-state index contributed by atoms with van der Waals surface area (Å²) >= 11 is 0. The summed E-state index contributed by atoms with van der Waals surface area (Å²) in [5, 5.41) is 4.42. The molecule has 1 aromatic carbocycles. The molecule has 0 unspecified atom stereocenters. The minimum atomic E-state index is -0.563. The van der Waals surface area contributed by atoms with E-state index in [-0.39, 0.29) is 17.7 Å². The minimum Gasteiger partial charge on any atom is -0.342 e. The number of rotatable bonds is 3. The number of benzene rings is 1. The quantitative estimate of drug-likeness (QED) is 0.757. The van der Waals surface area contributed by atoms with Crippen LogP contribution in [0.2, 0.25) is 0 Å². The number of carbonyl (C=O) groups excluding carboxylic acids is 1. The normalized spacial score (nSPS) is 21.3. The lowest BCUT2D eigenvalue weighted by molar-refractivity contribution is -0.132. The molecule has 2 atom stereocenters. The first-order valence-corrected chi connectivity index (χ1v) is 9.12. The van der Waals surface area contributed by atoms with Gasteiger partial charge in [0.15, 0.2) is 0 Å². The van der Waals surface area contributed by atoms with Crippen molar-refractivity contribution >= 4 is 5.91 Å². The monoisotopic (exact) mass is 354 g/mol. The summed E-state index contributed by atoms with van der Waals surface area (Å²) in [7, 11) is 0. The summed E-state index contributed by atoms with van der Waals surface area (Å²) in [5.41, 5.74) is -0.0547. The molecule has 7 nitrogen and oxygen atoms in total. The second kappa shape index (κ2) is 6.55. The highest BCUT2D eigenvalue weighted by Crippen LogP contribution is 2.37. The lowest BCUT2D eigenvalue weighted by atomic mass is 9.87. The van der Waals surface area contributed by atoms with Gasteiger partial charge in [0.05, 0.1) is 6.42 Å². The first kappa shape index (κ1) is 16.8. The predicted molar refractivity (Wildman–Crippen MR) is 96.0 cm³/mol. The fourth-order valence-electron chi connectivity index (χ4n) is 4.07. The molecule has 0 radical (unpaired) electrons. The zero-order chi connectivity index (χ0) is 18.3. The Bertz CT molecular complexity index is 947. The fourth-order valence-corrected chi connectivity index (χ4v) is 4.07. The van der Waals surface area contributed by atoms with Gasteiger partial charge in [0.2, 0.25) is 5.91 Å². The van der Waals surface area contributed by atoms with Crippen LogP contribution in [0.5, 0.6) is 0 Å². The van der Waals surface area contributed by atoms with Gasteiger partial charge in [-0.1, -0.05) is 30.3 Å². The molecule has 7 heteroatoms. The lowest BCUT2D eigenvalue weighted by Gasteiger charge is -2.34. The third kappa shape index (κ3) is 2.77. The van der Waals surface area contributed by atoms with E-state index in [1.807, 2.05) is 35.2 Å². The first-order valence-electron chi connectivity index (χ1n) is 9.12. The fraction of sp³-hybridized carbons (Fsp3) is 0.474. The summed E-state index contributed by atoms with van der Waals surface area (Å²) in [4.78, 5) is 39.0. The molecule has 0 saturated carbocycles. The molecule has 3 heterocycles. The Morgan fingerprint density at radius 3 is 2.65 bits per heavy atom. The molecule has 2 aromatic rings. The lowest BCUT2D eigenvalue weighted by Crippen LogP contribution is -2.44. The van der Waals surface area contributed by atoms with Crippen LogP contribution >= 0.6 is 0 Å². The van der Waals surface area contributed by atoms with Crippen molar-refractivity contribution in [3.05, 3.63) is 62.4 Å². The van der Waals surface area contributed by atoms with Crippen molar-refractivity contribution in [2.24, 2.45) is 5.92 Å². The van der Waals surface area contributed by atoms with Gasteiger partial charge < -0.3 is 4.90 Å².